The molecule has 1 atom stereocenters. The van der Waals surface area contributed by atoms with Crippen LogP contribution in [0.15, 0.2) is 60.8 Å². The number of rotatable bonds is 6. The van der Waals surface area contributed by atoms with Crippen molar-refractivity contribution >= 4 is 5.91 Å². The zero-order chi connectivity index (χ0) is 23.0. The monoisotopic (exact) mass is 454 g/mol. The van der Waals surface area contributed by atoms with Crippen molar-refractivity contribution in [2.45, 2.75) is 43.9 Å². The molecule has 1 N–H and O–H groups in total. The Kier molecular flexibility index (Phi) is 5.70. The molecule has 5 rings (SSSR count). The molecule has 2 aromatic carbocycles. The second-order valence-electron chi connectivity index (χ2n) is 8.86. The van der Waals surface area contributed by atoms with Gasteiger partial charge in [0.2, 0.25) is 0 Å². The highest BCUT2D eigenvalue weighted by molar-refractivity contribution is 5.95. The van der Waals surface area contributed by atoms with Gasteiger partial charge >= 0.3 is 6.18 Å². The van der Waals surface area contributed by atoms with Crippen LogP contribution in [-0.4, -0.2) is 39.7 Å². The zero-order valence-electron chi connectivity index (χ0n) is 18.1. The number of nitrogens with one attached hydrogen (secondary N) is 1. The molecule has 3 aromatic rings. The summed E-state index contributed by atoms with van der Waals surface area (Å²) in [7, 11) is 0. The van der Waals surface area contributed by atoms with E-state index in [1.165, 1.54) is 22.5 Å². The number of amides is 1. The Morgan fingerprint density at radius 3 is 2.58 bits per heavy atom. The Bertz CT molecular complexity index is 1140. The molecule has 1 aliphatic carbocycles. The molecule has 1 saturated heterocycles. The van der Waals surface area contributed by atoms with Gasteiger partial charge in [-0.25, -0.2) is 4.68 Å². The van der Waals surface area contributed by atoms with Crippen LogP contribution in [0, 0.1) is 0 Å². The molecule has 2 aliphatic rings. The van der Waals surface area contributed by atoms with Crippen molar-refractivity contribution in [3.8, 4) is 5.69 Å². The molecule has 8 heteroatoms. The summed E-state index contributed by atoms with van der Waals surface area (Å²) in [6.45, 7) is 2.51. The van der Waals surface area contributed by atoms with Crippen molar-refractivity contribution in [3.63, 3.8) is 0 Å². The number of benzene rings is 2. The van der Waals surface area contributed by atoms with Crippen LogP contribution in [0.2, 0.25) is 0 Å². The third-order valence-corrected chi connectivity index (χ3v) is 6.29. The molecular formula is C25H25F3N4O. The summed E-state index contributed by atoms with van der Waals surface area (Å²) < 4.78 is 41.1. The van der Waals surface area contributed by atoms with Crippen molar-refractivity contribution in [2.75, 3.05) is 13.1 Å². The standard InChI is InChI=1S/C25H25F3N4O/c26-25(27,28)19-7-4-8-21(13-19)32-23(18-9-10-18)22(14-29-32)24(33)30-20-11-12-31(16-20)15-17-5-2-1-3-6-17/h1-8,13-14,18,20H,9-12,15-16H2,(H,30,33). The summed E-state index contributed by atoms with van der Waals surface area (Å²) in [6, 6.07) is 15.3. The average molecular weight is 454 g/mol. The van der Waals surface area contributed by atoms with E-state index in [2.05, 4.69) is 27.4 Å². The quantitative estimate of drug-likeness (QED) is 0.584. The highest BCUT2D eigenvalue weighted by atomic mass is 19.4. The summed E-state index contributed by atoms with van der Waals surface area (Å²) in [4.78, 5) is 15.4. The van der Waals surface area contributed by atoms with E-state index < -0.39 is 11.7 Å². The fraction of sp³-hybridized carbons (Fsp3) is 0.360. The Morgan fingerprint density at radius 1 is 1.06 bits per heavy atom. The number of carbonyl (C=O) groups is 1. The first-order valence-electron chi connectivity index (χ1n) is 11.2. The van der Waals surface area contributed by atoms with Gasteiger partial charge in [0, 0.05) is 31.6 Å². The minimum Gasteiger partial charge on any atom is -0.348 e. The smallest absolute Gasteiger partial charge is 0.348 e. The van der Waals surface area contributed by atoms with Crippen molar-refractivity contribution < 1.29 is 18.0 Å². The largest absolute Gasteiger partial charge is 0.416 e. The van der Waals surface area contributed by atoms with Gasteiger partial charge in [0.05, 0.1) is 28.7 Å². The molecule has 1 aromatic heterocycles. The summed E-state index contributed by atoms with van der Waals surface area (Å²) in [5.41, 5.74) is 1.98. The molecule has 0 spiro atoms. The van der Waals surface area contributed by atoms with Crippen molar-refractivity contribution in [1.29, 1.82) is 0 Å². The molecule has 1 unspecified atom stereocenters. The van der Waals surface area contributed by atoms with E-state index in [0.29, 0.717) is 16.9 Å². The molecule has 5 nitrogen and oxygen atoms in total. The number of hydrogen-bond donors (Lipinski definition) is 1. The zero-order valence-corrected chi connectivity index (χ0v) is 18.1. The fourth-order valence-corrected chi connectivity index (χ4v) is 4.50. The molecule has 1 aliphatic heterocycles. The fourth-order valence-electron chi connectivity index (χ4n) is 4.50. The van der Waals surface area contributed by atoms with Crippen LogP contribution in [0.5, 0.6) is 0 Å². The lowest BCUT2D eigenvalue weighted by atomic mass is 10.1. The van der Waals surface area contributed by atoms with Gasteiger partial charge in [0.1, 0.15) is 0 Å². The van der Waals surface area contributed by atoms with Gasteiger partial charge in [-0.15, -0.1) is 0 Å². The Hall–Kier alpha value is -3.13. The van der Waals surface area contributed by atoms with Crippen molar-refractivity contribution in [3.05, 3.63) is 83.2 Å². The maximum Gasteiger partial charge on any atom is 0.416 e. The highest BCUT2D eigenvalue weighted by Gasteiger charge is 2.35. The summed E-state index contributed by atoms with van der Waals surface area (Å²) >= 11 is 0. The molecule has 172 valence electrons. The number of nitrogens with zero attached hydrogens (tertiary/aromatic N) is 3. The van der Waals surface area contributed by atoms with Crippen LogP contribution in [0.1, 0.15) is 52.4 Å². The van der Waals surface area contributed by atoms with Gasteiger partial charge in [-0.05, 0) is 43.0 Å². The number of hydrogen-bond acceptors (Lipinski definition) is 3. The molecular weight excluding hydrogens is 429 g/mol. The van der Waals surface area contributed by atoms with Gasteiger partial charge in [0.25, 0.3) is 5.91 Å². The molecule has 0 bridgehead atoms. The van der Waals surface area contributed by atoms with Gasteiger partial charge in [-0.1, -0.05) is 36.4 Å². The molecule has 2 heterocycles. The van der Waals surface area contributed by atoms with Crippen LogP contribution in [0.3, 0.4) is 0 Å². The lowest BCUT2D eigenvalue weighted by Crippen LogP contribution is -2.37. The van der Waals surface area contributed by atoms with Gasteiger partial charge in [-0.3, -0.25) is 9.69 Å². The maximum atomic E-state index is 13.2. The number of carbonyl (C=O) groups excluding carboxylic acids is 1. The van der Waals surface area contributed by atoms with E-state index in [9.17, 15) is 18.0 Å². The van der Waals surface area contributed by atoms with Crippen LogP contribution in [-0.2, 0) is 12.7 Å². The van der Waals surface area contributed by atoms with E-state index in [-0.39, 0.29) is 17.9 Å². The van der Waals surface area contributed by atoms with E-state index >= 15 is 0 Å². The number of alkyl halides is 3. The van der Waals surface area contributed by atoms with Crippen molar-refractivity contribution in [1.82, 2.24) is 20.0 Å². The lowest BCUT2D eigenvalue weighted by Gasteiger charge is -2.17. The topological polar surface area (TPSA) is 50.2 Å². The minimum atomic E-state index is -4.43. The molecule has 2 fully saturated rings. The van der Waals surface area contributed by atoms with E-state index in [1.807, 2.05) is 18.2 Å². The van der Waals surface area contributed by atoms with Crippen LogP contribution < -0.4 is 5.32 Å². The van der Waals surface area contributed by atoms with Crippen LogP contribution >= 0.6 is 0 Å². The first-order valence-corrected chi connectivity index (χ1v) is 11.2. The number of halogens is 3. The Morgan fingerprint density at radius 2 is 1.85 bits per heavy atom. The first kappa shape index (κ1) is 21.7. The normalized spacial score (nSPS) is 19.1. The molecule has 0 radical (unpaired) electrons. The predicted octanol–water partition coefficient (Wildman–Crippen LogP) is 4.77. The highest BCUT2D eigenvalue weighted by Crippen LogP contribution is 2.43. The van der Waals surface area contributed by atoms with E-state index in [1.54, 1.807) is 6.07 Å². The maximum absolute atomic E-state index is 13.2. The van der Waals surface area contributed by atoms with Gasteiger partial charge in [0.15, 0.2) is 0 Å². The van der Waals surface area contributed by atoms with E-state index in [4.69, 9.17) is 0 Å². The second kappa shape index (κ2) is 8.67. The predicted molar refractivity (Wildman–Crippen MR) is 118 cm³/mol. The minimum absolute atomic E-state index is 0.0326. The number of likely N-dealkylation sites (tertiary alicyclic amines) is 1. The molecule has 33 heavy (non-hydrogen) atoms. The molecule has 1 saturated carbocycles. The second-order valence-corrected chi connectivity index (χ2v) is 8.86. The lowest BCUT2D eigenvalue weighted by molar-refractivity contribution is -0.137. The Labute approximate surface area is 190 Å². The summed E-state index contributed by atoms with van der Waals surface area (Å²) in [5, 5.41) is 7.44. The summed E-state index contributed by atoms with van der Waals surface area (Å²) in [6.07, 6.45) is -0.283. The van der Waals surface area contributed by atoms with Gasteiger partial charge in [-0.2, -0.15) is 18.3 Å². The van der Waals surface area contributed by atoms with Crippen molar-refractivity contribution in [2.24, 2.45) is 0 Å². The van der Waals surface area contributed by atoms with Crippen LogP contribution in [0.25, 0.3) is 5.69 Å². The molecule has 1 amide bonds. The van der Waals surface area contributed by atoms with E-state index in [0.717, 1.165) is 51.0 Å². The third-order valence-electron chi connectivity index (χ3n) is 6.29. The third kappa shape index (κ3) is 4.80. The van der Waals surface area contributed by atoms with Gasteiger partial charge < -0.3 is 5.32 Å². The first-order chi connectivity index (χ1) is 15.9. The Balaban J connectivity index is 1.31. The number of aromatic nitrogens is 2. The summed E-state index contributed by atoms with van der Waals surface area (Å²) in [5.74, 6) is -0.0670. The average Bonchev–Trinajstić information content (AvgIpc) is 3.38. The SMILES string of the molecule is O=C(NC1CCN(Cc2ccccc2)C1)c1cnn(-c2cccc(C(F)(F)F)c2)c1C1CC1. The van der Waals surface area contributed by atoms with Crippen LogP contribution in [0.4, 0.5) is 13.2 Å².